The SMILES string of the molecule is CNCCc1ccccc1C(=O)NCC1(SC)CCCC1. The van der Waals surface area contributed by atoms with Gasteiger partial charge in [0.05, 0.1) is 0 Å². The number of carbonyl (C=O) groups is 1. The number of amides is 1. The molecule has 4 heteroatoms. The van der Waals surface area contributed by atoms with E-state index >= 15 is 0 Å². The molecule has 0 spiro atoms. The van der Waals surface area contributed by atoms with Crippen molar-refractivity contribution in [2.45, 2.75) is 36.9 Å². The zero-order chi connectivity index (χ0) is 15.1. The molecule has 0 atom stereocenters. The number of hydrogen-bond acceptors (Lipinski definition) is 3. The lowest BCUT2D eigenvalue weighted by Gasteiger charge is -2.27. The van der Waals surface area contributed by atoms with Crippen LogP contribution in [0.2, 0.25) is 0 Å². The highest BCUT2D eigenvalue weighted by Crippen LogP contribution is 2.39. The van der Waals surface area contributed by atoms with E-state index in [2.05, 4.69) is 16.9 Å². The molecule has 1 saturated carbocycles. The molecular formula is C17H26N2OS. The molecule has 0 bridgehead atoms. The third-order valence-electron chi connectivity index (χ3n) is 4.43. The highest BCUT2D eigenvalue weighted by atomic mass is 32.2. The monoisotopic (exact) mass is 306 g/mol. The first-order valence-electron chi connectivity index (χ1n) is 7.77. The third-order valence-corrected chi connectivity index (χ3v) is 5.84. The van der Waals surface area contributed by atoms with Crippen LogP contribution in [0.5, 0.6) is 0 Å². The molecule has 0 saturated heterocycles. The molecule has 0 aromatic heterocycles. The molecule has 1 aromatic carbocycles. The van der Waals surface area contributed by atoms with Gasteiger partial charge in [0.15, 0.2) is 0 Å². The molecule has 0 aliphatic heterocycles. The minimum absolute atomic E-state index is 0.0713. The molecule has 1 aliphatic rings. The van der Waals surface area contributed by atoms with E-state index in [0.717, 1.165) is 30.6 Å². The molecule has 1 aliphatic carbocycles. The van der Waals surface area contributed by atoms with Gasteiger partial charge < -0.3 is 10.6 Å². The van der Waals surface area contributed by atoms with Gasteiger partial charge in [0.25, 0.3) is 5.91 Å². The third kappa shape index (κ3) is 4.24. The van der Waals surface area contributed by atoms with Gasteiger partial charge in [0, 0.05) is 16.9 Å². The maximum absolute atomic E-state index is 12.5. The maximum Gasteiger partial charge on any atom is 0.251 e. The number of likely N-dealkylation sites (N-methyl/N-ethyl adjacent to an activating group) is 1. The lowest BCUT2D eigenvalue weighted by Crippen LogP contribution is -2.38. The molecule has 0 radical (unpaired) electrons. The van der Waals surface area contributed by atoms with Gasteiger partial charge in [-0.1, -0.05) is 31.0 Å². The van der Waals surface area contributed by atoms with Gasteiger partial charge in [-0.15, -0.1) is 0 Å². The fourth-order valence-corrected chi connectivity index (χ4v) is 3.94. The average molecular weight is 306 g/mol. The van der Waals surface area contributed by atoms with Crippen LogP contribution in [0, 0.1) is 0 Å². The highest BCUT2D eigenvalue weighted by Gasteiger charge is 2.33. The van der Waals surface area contributed by atoms with Gasteiger partial charge in [-0.05, 0) is 50.7 Å². The molecular weight excluding hydrogens is 280 g/mol. The van der Waals surface area contributed by atoms with E-state index in [0.29, 0.717) is 0 Å². The Morgan fingerprint density at radius 3 is 2.67 bits per heavy atom. The minimum atomic E-state index is 0.0713. The van der Waals surface area contributed by atoms with Gasteiger partial charge in [0.2, 0.25) is 0 Å². The number of carbonyl (C=O) groups excluding carboxylic acids is 1. The van der Waals surface area contributed by atoms with Gasteiger partial charge in [0.1, 0.15) is 0 Å². The summed E-state index contributed by atoms with van der Waals surface area (Å²) in [5.41, 5.74) is 1.94. The standard InChI is InChI=1S/C17H26N2OS/c1-18-12-9-14-7-3-4-8-15(14)16(20)19-13-17(21-2)10-5-6-11-17/h3-4,7-8,18H,5-6,9-13H2,1-2H3,(H,19,20). The fourth-order valence-electron chi connectivity index (χ4n) is 3.03. The maximum atomic E-state index is 12.5. The van der Waals surface area contributed by atoms with Crippen molar-refractivity contribution in [2.75, 3.05) is 26.4 Å². The summed E-state index contributed by atoms with van der Waals surface area (Å²) in [6, 6.07) is 7.92. The summed E-state index contributed by atoms with van der Waals surface area (Å²) in [4.78, 5) is 12.5. The van der Waals surface area contributed by atoms with Crippen molar-refractivity contribution in [3.8, 4) is 0 Å². The van der Waals surface area contributed by atoms with E-state index in [1.54, 1.807) is 0 Å². The molecule has 3 nitrogen and oxygen atoms in total. The van der Waals surface area contributed by atoms with E-state index in [9.17, 15) is 4.79 Å². The quantitative estimate of drug-likeness (QED) is 0.814. The van der Waals surface area contributed by atoms with Gasteiger partial charge in [-0.2, -0.15) is 11.8 Å². The number of benzene rings is 1. The number of nitrogens with one attached hydrogen (secondary N) is 2. The van der Waals surface area contributed by atoms with Crippen LogP contribution in [-0.4, -0.2) is 37.0 Å². The average Bonchev–Trinajstić information content (AvgIpc) is 3.00. The smallest absolute Gasteiger partial charge is 0.251 e. The van der Waals surface area contributed by atoms with Gasteiger partial charge in [-0.25, -0.2) is 0 Å². The normalized spacial score (nSPS) is 16.9. The Morgan fingerprint density at radius 1 is 1.29 bits per heavy atom. The van der Waals surface area contributed by atoms with Crippen molar-refractivity contribution in [3.63, 3.8) is 0 Å². The van der Waals surface area contributed by atoms with Gasteiger partial charge >= 0.3 is 0 Å². The molecule has 21 heavy (non-hydrogen) atoms. The molecule has 2 N–H and O–H groups in total. The molecule has 1 amide bonds. The number of rotatable bonds is 7. The Hall–Kier alpha value is -1.00. The summed E-state index contributed by atoms with van der Waals surface area (Å²) in [6.45, 7) is 1.67. The van der Waals surface area contributed by atoms with Crippen LogP contribution >= 0.6 is 11.8 Å². The van der Waals surface area contributed by atoms with Crippen molar-refractivity contribution < 1.29 is 4.79 Å². The van der Waals surface area contributed by atoms with Crippen LogP contribution in [0.1, 0.15) is 41.6 Å². The zero-order valence-corrected chi connectivity index (χ0v) is 13.9. The van der Waals surface area contributed by atoms with Crippen LogP contribution in [0.3, 0.4) is 0 Å². The predicted octanol–water partition coefficient (Wildman–Crippen LogP) is 2.85. The summed E-state index contributed by atoms with van der Waals surface area (Å²) in [6.07, 6.45) is 8.06. The van der Waals surface area contributed by atoms with Gasteiger partial charge in [-0.3, -0.25) is 4.79 Å². The van der Waals surface area contributed by atoms with Crippen LogP contribution in [-0.2, 0) is 6.42 Å². The van der Waals surface area contributed by atoms with Crippen molar-refractivity contribution in [1.82, 2.24) is 10.6 Å². The van der Waals surface area contributed by atoms with Crippen LogP contribution < -0.4 is 10.6 Å². The molecule has 116 valence electrons. The van der Waals surface area contributed by atoms with E-state index in [1.165, 1.54) is 25.7 Å². The largest absolute Gasteiger partial charge is 0.351 e. The Bertz CT molecular complexity index is 470. The molecule has 0 heterocycles. The molecule has 0 unspecified atom stereocenters. The zero-order valence-electron chi connectivity index (χ0n) is 13.1. The molecule has 1 fully saturated rings. The summed E-state index contributed by atoms with van der Waals surface area (Å²) in [5.74, 6) is 0.0713. The second kappa shape index (κ2) is 7.85. The number of hydrogen-bond donors (Lipinski definition) is 2. The highest BCUT2D eigenvalue weighted by molar-refractivity contribution is 8.00. The first kappa shape index (κ1) is 16.4. The molecule has 1 aromatic rings. The topological polar surface area (TPSA) is 41.1 Å². The van der Waals surface area contributed by atoms with E-state index < -0.39 is 0 Å². The van der Waals surface area contributed by atoms with E-state index in [-0.39, 0.29) is 10.7 Å². The molecule has 2 rings (SSSR count). The Kier molecular flexibility index (Phi) is 6.12. The first-order chi connectivity index (χ1) is 10.2. The summed E-state index contributed by atoms with van der Waals surface area (Å²) >= 11 is 1.91. The summed E-state index contributed by atoms with van der Waals surface area (Å²) in [7, 11) is 1.94. The van der Waals surface area contributed by atoms with Crippen LogP contribution in [0.25, 0.3) is 0 Å². The lowest BCUT2D eigenvalue weighted by molar-refractivity contribution is 0.0948. The van der Waals surface area contributed by atoms with Crippen molar-refractivity contribution in [3.05, 3.63) is 35.4 Å². The Balaban J connectivity index is 2.00. The second-order valence-electron chi connectivity index (χ2n) is 5.79. The fraction of sp³-hybridized carbons (Fsp3) is 0.588. The Morgan fingerprint density at radius 2 is 2.00 bits per heavy atom. The lowest BCUT2D eigenvalue weighted by atomic mass is 10.0. The van der Waals surface area contributed by atoms with Crippen molar-refractivity contribution in [2.24, 2.45) is 0 Å². The Labute approximate surface area is 132 Å². The second-order valence-corrected chi connectivity index (χ2v) is 7.06. The van der Waals surface area contributed by atoms with E-state index in [1.807, 2.05) is 43.1 Å². The number of thioether (sulfide) groups is 1. The first-order valence-corrected chi connectivity index (χ1v) is 8.99. The van der Waals surface area contributed by atoms with Crippen LogP contribution in [0.15, 0.2) is 24.3 Å². The summed E-state index contributed by atoms with van der Waals surface area (Å²) < 4.78 is 0.260. The van der Waals surface area contributed by atoms with E-state index in [4.69, 9.17) is 0 Å². The summed E-state index contributed by atoms with van der Waals surface area (Å²) in [5, 5.41) is 6.31. The van der Waals surface area contributed by atoms with Crippen molar-refractivity contribution in [1.29, 1.82) is 0 Å². The van der Waals surface area contributed by atoms with Crippen LogP contribution in [0.4, 0.5) is 0 Å². The minimum Gasteiger partial charge on any atom is -0.351 e. The van der Waals surface area contributed by atoms with Crippen molar-refractivity contribution >= 4 is 17.7 Å². The predicted molar refractivity (Wildman–Crippen MR) is 91.1 cm³/mol.